The second kappa shape index (κ2) is 8.44. The fraction of sp³-hybridized carbons (Fsp3) is 0.733. The first-order chi connectivity index (χ1) is 10.7. The third kappa shape index (κ3) is 5.31. The number of hydrogen-bond donors (Lipinski definition) is 1. The van der Waals surface area contributed by atoms with Gasteiger partial charge in [-0.1, -0.05) is 18.5 Å². The summed E-state index contributed by atoms with van der Waals surface area (Å²) in [7, 11) is -3.81. The number of ether oxygens (including phenoxy) is 1. The first-order valence-electron chi connectivity index (χ1n) is 7.82. The molecule has 7 nitrogen and oxygen atoms in total. The number of sulfonamides is 1. The molecular formula is C15H26N2O5S. The molecule has 23 heavy (non-hydrogen) atoms. The molecule has 2 atom stereocenters. The average Bonchev–Trinajstić information content (AvgIpc) is 2.76. The van der Waals surface area contributed by atoms with Gasteiger partial charge in [0.25, 0.3) is 0 Å². The third-order valence-electron chi connectivity index (χ3n) is 3.53. The van der Waals surface area contributed by atoms with Crippen molar-refractivity contribution in [2.45, 2.75) is 65.2 Å². The molecule has 0 aliphatic carbocycles. The van der Waals surface area contributed by atoms with Gasteiger partial charge in [0.05, 0.1) is 12.3 Å². The predicted octanol–water partition coefficient (Wildman–Crippen LogP) is 1.87. The molecular weight excluding hydrogens is 320 g/mol. The van der Waals surface area contributed by atoms with Gasteiger partial charge in [0.1, 0.15) is 5.76 Å². The highest BCUT2D eigenvalue weighted by Gasteiger charge is 2.34. The van der Waals surface area contributed by atoms with Gasteiger partial charge in [0.2, 0.25) is 10.0 Å². The van der Waals surface area contributed by atoms with Crippen LogP contribution in [0, 0.1) is 13.8 Å². The second-order valence-electron chi connectivity index (χ2n) is 5.60. The van der Waals surface area contributed by atoms with Crippen molar-refractivity contribution in [2.75, 3.05) is 6.61 Å². The number of nitrogens with zero attached hydrogens (tertiary/aromatic N) is 1. The van der Waals surface area contributed by atoms with E-state index in [0.29, 0.717) is 18.6 Å². The summed E-state index contributed by atoms with van der Waals surface area (Å²) in [6.07, 6.45) is 1.25. The maximum atomic E-state index is 12.5. The van der Waals surface area contributed by atoms with Crippen LogP contribution < -0.4 is 4.72 Å². The van der Waals surface area contributed by atoms with Gasteiger partial charge < -0.3 is 9.26 Å². The van der Waals surface area contributed by atoms with Crippen LogP contribution in [0.3, 0.4) is 0 Å². The Labute approximate surface area is 137 Å². The van der Waals surface area contributed by atoms with E-state index in [2.05, 4.69) is 9.88 Å². The summed E-state index contributed by atoms with van der Waals surface area (Å²) in [5, 5.41) is 2.68. The summed E-state index contributed by atoms with van der Waals surface area (Å²) in [4.78, 5) is 11.9. The van der Waals surface area contributed by atoms with E-state index in [0.717, 1.165) is 11.3 Å². The fourth-order valence-electron chi connectivity index (χ4n) is 2.40. The Kier molecular flexibility index (Phi) is 7.21. The summed E-state index contributed by atoms with van der Waals surface area (Å²) < 4.78 is 37.5. The van der Waals surface area contributed by atoms with E-state index in [4.69, 9.17) is 9.26 Å². The van der Waals surface area contributed by atoms with E-state index in [-0.39, 0.29) is 19.1 Å². The minimum absolute atomic E-state index is 0.156. The Bertz CT molecular complexity index is 604. The van der Waals surface area contributed by atoms with Crippen molar-refractivity contribution in [3.63, 3.8) is 0 Å². The zero-order chi connectivity index (χ0) is 17.6. The highest BCUT2D eigenvalue weighted by molar-refractivity contribution is 7.90. The van der Waals surface area contributed by atoms with E-state index >= 15 is 0 Å². The van der Waals surface area contributed by atoms with Crippen molar-refractivity contribution in [3.05, 3.63) is 17.0 Å². The minimum Gasteiger partial charge on any atom is -0.465 e. The van der Waals surface area contributed by atoms with Gasteiger partial charge in [0.15, 0.2) is 5.25 Å². The molecule has 1 N–H and O–H groups in total. The molecule has 2 unspecified atom stereocenters. The Morgan fingerprint density at radius 3 is 2.48 bits per heavy atom. The number of hydrogen-bond acceptors (Lipinski definition) is 6. The lowest BCUT2D eigenvalue weighted by atomic mass is 10.1. The topological polar surface area (TPSA) is 98.5 Å². The Morgan fingerprint density at radius 2 is 2.00 bits per heavy atom. The number of rotatable bonds is 9. The lowest BCUT2D eigenvalue weighted by molar-refractivity contribution is -0.142. The first-order valence-corrected chi connectivity index (χ1v) is 9.37. The number of esters is 1. The SMILES string of the molecule is CCCC(C(=O)OCC)S(=O)(=O)NC(C)Cc1c(C)noc1C. The summed E-state index contributed by atoms with van der Waals surface area (Å²) in [5.41, 5.74) is 1.62. The van der Waals surface area contributed by atoms with Crippen LogP contribution in [0.25, 0.3) is 0 Å². The molecule has 1 heterocycles. The van der Waals surface area contributed by atoms with Crippen LogP contribution in [0.15, 0.2) is 4.52 Å². The highest BCUT2D eigenvalue weighted by atomic mass is 32.2. The van der Waals surface area contributed by atoms with Crippen molar-refractivity contribution < 1.29 is 22.5 Å². The van der Waals surface area contributed by atoms with E-state index in [1.165, 1.54) is 0 Å². The fourth-order valence-corrected chi connectivity index (χ4v) is 4.08. The lowest BCUT2D eigenvalue weighted by Crippen LogP contribution is -2.44. The third-order valence-corrected chi connectivity index (χ3v) is 5.44. The maximum absolute atomic E-state index is 12.5. The summed E-state index contributed by atoms with van der Waals surface area (Å²) in [6.45, 7) is 8.98. The first kappa shape index (κ1) is 19.6. The zero-order valence-electron chi connectivity index (χ0n) is 14.4. The molecule has 0 spiro atoms. The molecule has 0 saturated carbocycles. The highest BCUT2D eigenvalue weighted by Crippen LogP contribution is 2.16. The van der Waals surface area contributed by atoms with Crippen molar-refractivity contribution in [2.24, 2.45) is 0 Å². The van der Waals surface area contributed by atoms with Gasteiger partial charge >= 0.3 is 5.97 Å². The van der Waals surface area contributed by atoms with Gasteiger partial charge in [-0.2, -0.15) is 0 Å². The number of aromatic nitrogens is 1. The van der Waals surface area contributed by atoms with Gasteiger partial charge in [-0.25, -0.2) is 13.1 Å². The molecule has 1 rings (SSSR count). The van der Waals surface area contributed by atoms with Crippen molar-refractivity contribution in [1.82, 2.24) is 9.88 Å². The molecule has 0 aromatic carbocycles. The average molecular weight is 346 g/mol. The van der Waals surface area contributed by atoms with Crippen LogP contribution in [0.5, 0.6) is 0 Å². The summed E-state index contributed by atoms with van der Waals surface area (Å²) in [5.74, 6) is -0.0320. The second-order valence-corrected chi connectivity index (χ2v) is 7.49. The van der Waals surface area contributed by atoms with Crippen molar-refractivity contribution in [3.8, 4) is 0 Å². The lowest BCUT2D eigenvalue weighted by Gasteiger charge is -2.20. The number of nitrogens with one attached hydrogen (secondary N) is 1. The van der Waals surface area contributed by atoms with Gasteiger partial charge in [-0.3, -0.25) is 4.79 Å². The van der Waals surface area contributed by atoms with Crippen molar-refractivity contribution in [1.29, 1.82) is 0 Å². The van der Waals surface area contributed by atoms with Crippen LogP contribution in [0.4, 0.5) is 0 Å². The minimum atomic E-state index is -3.81. The number of aryl methyl sites for hydroxylation is 2. The molecule has 132 valence electrons. The van der Waals surface area contributed by atoms with E-state index in [1.54, 1.807) is 20.8 Å². The van der Waals surface area contributed by atoms with Crippen LogP contribution in [0.1, 0.15) is 50.6 Å². The quantitative estimate of drug-likeness (QED) is 0.685. The standard InChI is InChI=1S/C15H26N2O5S/c1-6-8-14(15(18)21-7-2)23(19,20)17-10(3)9-13-11(4)16-22-12(13)5/h10,14,17H,6-9H2,1-5H3. The normalized spacial score (nSPS) is 14.5. The van der Waals surface area contributed by atoms with Gasteiger partial charge in [0, 0.05) is 11.6 Å². The van der Waals surface area contributed by atoms with Gasteiger partial charge in [-0.05, 0) is 40.5 Å². The largest absolute Gasteiger partial charge is 0.465 e. The van der Waals surface area contributed by atoms with Gasteiger partial charge in [-0.15, -0.1) is 0 Å². The molecule has 8 heteroatoms. The van der Waals surface area contributed by atoms with Crippen LogP contribution in [-0.2, 0) is 26.0 Å². The Balaban J connectivity index is 2.84. The molecule has 1 aromatic heterocycles. The van der Waals surface area contributed by atoms with E-state index < -0.39 is 21.2 Å². The van der Waals surface area contributed by atoms with Crippen LogP contribution in [0.2, 0.25) is 0 Å². The molecule has 0 amide bonds. The van der Waals surface area contributed by atoms with E-state index in [9.17, 15) is 13.2 Å². The zero-order valence-corrected chi connectivity index (χ0v) is 15.2. The smallest absolute Gasteiger partial charge is 0.325 e. The molecule has 0 aliphatic rings. The molecule has 1 aromatic rings. The number of carbonyl (C=O) groups is 1. The molecule has 0 saturated heterocycles. The summed E-state index contributed by atoms with van der Waals surface area (Å²) in [6, 6.07) is -0.384. The molecule has 0 aliphatic heterocycles. The summed E-state index contributed by atoms with van der Waals surface area (Å²) >= 11 is 0. The molecule has 0 radical (unpaired) electrons. The maximum Gasteiger partial charge on any atom is 0.325 e. The molecule has 0 bridgehead atoms. The van der Waals surface area contributed by atoms with Crippen LogP contribution >= 0.6 is 0 Å². The number of carbonyl (C=O) groups excluding carboxylic acids is 1. The Hall–Kier alpha value is -1.41. The predicted molar refractivity (Wildman–Crippen MR) is 86.5 cm³/mol. The van der Waals surface area contributed by atoms with Crippen molar-refractivity contribution >= 4 is 16.0 Å². The van der Waals surface area contributed by atoms with Crippen LogP contribution in [-0.4, -0.2) is 37.4 Å². The Morgan fingerprint density at radius 1 is 1.35 bits per heavy atom. The monoisotopic (exact) mass is 346 g/mol. The molecule has 0 fully saturated rings. The van der Waals surface area contributed by atoms with E-state index in [1.807, 2.05) is 13.8 Å².